The molecule has 0 aromatic rings. The quantitative estimate of drug-likeness (QED) is 0.610. The number of alkyl halides is 3. The third-order valence-corrected chi connectivity index (χ3v) is 1.65. The summed E-state index contributed by atoms with van der Waals surface area (Å²) in [5.74, 6) is -0.320. The molecule has 1 atom stereocenters. The molecule has 1 nitrogen and oxygen atoms in total. The Morgan fingerprint density at radius 2 is 2.08 bits per heavy atom. The minimum absolute atomic E-state index is 0.0234. The number of nitriles is 1. The van der Waals surface area contributed by atoms with E-state index in [1.54, 1.807) is 6.08 Å². The van der Waals surface area contributed by atoms with Crippen molar-refractivity contribution in [2.45, 2.75) is 31.9 Å². The predicted molar refractivity (Wildman–Crippen MR) is 43.8 cm³/mol. The van der Waals surface area contributed by atoms with Crippen LogP contribution in [0, 0.1) is 17.2 Å². The lowest BCUT2D eigenvalue weighted by molar-refractivity contribution is -0.135. The third kappa shape index (κ3) is 7.38. The van der Waals surface area contributed by atoms with Crippen LogP contribution in [-0.2, 0) is 0 Å². The largest absolute Gasteiger partial charge is 0.389 e. The van der Waals surface area contributed by atoms with Gasteiger partial charge in [0.1, 0.15) is 0 Å². The monoisotopic (exact) mass is 191 g/mol. The molecule has 0 saturated carbocycles. The van der Waals surface area contributed by atoms with Crippen molar-refractivity contribution in [1.82, 2.24) is 0 Å². The van der Waals surface area contributed by atoms with Crippen molar-refractivity contribution in [3.05, 3.63) is 12.7 Å². The zero-order valence-electron chi connectivity index (χ0n) is 7.27. The highest BCUT2D eigenvalue weighted by Crippen LogP contribution is 2.24. The molecule has 74 valence electrons. The molecule has 0 rings (SSSR count). The maximum atomic E-state index is 11.7. The van der Waals surface area contributed by atoms with Gasteiger partial charge in [0.05, 0.1) is 6.07 Å². The topological polar surface area (TPSA) is 23.8 Å². The average Bonchev–Trinajstić information content (AvgIpc) is 2.01. The Kier molecular flexibility index (Phi) is 5.20. The molecule has 0 heterocycles. The van der Waals surface area contributed by atoms with E-state index in [4.69, 9.17) is 5.26 Å². The molecule has 0 fully saturated rings. The number of hydrogen-bond acceptors (Lipinski definition) is 1. The maximum Gasteiger partial charge on any atom is 0.389 e. The van der Waals surface area contributed by atoms with Crippen LogP contribution >= 0.6 is 0 Å². The molecule has 0 saturated heterocycles. The van der Waals surface area contributed by atoms with Crippen molar-refractivity contribution in [2.75, 3.05) is 0 Å². The summed E-state index contributed by atoms with van der Waals surface area (Å²) < 4.78 is 35.1. The fourth-order valence-corrected chi connectivity index (χ4v) is 0.985. The Morgan fingerprint density at radius 1 is 1.46 bits per heavy atom. The average molecular weight is 191 g/mol. The highest BCUT2D eigenvalue weighted by Gasteiger charge is 2.26. The van der Waals surface area contributed by atoms with E-state index in [1.807, 2.05) is 6.07 Å². The van der Waals surface area contributed by atoms with Crippen LogP contribution in [0.3, 0.4) is 0 Å². The summed E-state index contributed by atoms with van der Waals surface area (Å²) in [6.45, 7) is 3.43. The molecule has 0 amide bonds. The second kappa shape index (κ2) is 5.63. The van der Waals surface area contributed by atoms with Gasteiger partial charge < -0.3 is 0 Å². The predicted octanol–water partition coefficient (Wildman–Crippen LogP) is 3.43. The molecule has 0 spiro atoms. The Hall–Kier alpha value is -0.980. The van der Waals surface area contributed by atoms with Gasteiger partial charge in [0, 0.05) is 12.3 Å². The summed E-state index contributed by atoms with van der Waals surface area (Å²) in [5.41, 5.74) is 0. The first-order valence-electron chi connectivity index (χ1n) is 4.07. The van der Waals surface area contributed by atoms with Crippen LogP contribution in [0.15, 0.2) is 12.7 Å². The zero-order valence-corrected chi connectivity index (χ0v) is 7.27. The van der Waals surface area contributed by atoms with Gasteiger partial charge in [-0.1, -0.05) is 6.08 Å². The molecule has 0 N–H and O–H groups in total. The van der Waals surface area contributed by atoms with Gasteiger partial charge in [0.2, 0.25) is 0 Å². The Morgan fingerprint density at radius 3 is 2.46 bits per heavy atom. The van der Waals surface area contributed by atoms with E-state index in [-0.39, 0.29) is 12.3 Å². The molecule has 0 aliphatic heterocycles. The molecule has 0 aromatic carbocycles. The Balaban J connectivity index is 3.62. The number of nitrogens with zero attached hydrogens (tertiary/aromatic N) is 1. The van der Waals surface area contributed by atoms with Crippen LogP contribution in [0.5, 0.6) is 0 Å². The molecule has 0 aliphatic carbocycles. The fraction of sp³-hybridized carbons (Fsp3) is 0.667. The van der Waals surface area contributed by atoms with Crippen LogP contribution < -0.4 is 0 Å². The Labute approximate surface area is 75.9 Å². The highest BCUT2D eigenvalue weighted by molar-refractivity contribution is 4.87. The van der Waals surface area contributed by atoms with Crippen LogP contribution in [0.2, 0.25) is 0 Å². The third-order valence-electron chi connectivity index (χ3n) is 1.65. The molecule has 4 heteroatoms. The molecule has 0 aromatic heterocycles. The van der Waals surface area contributed by atoms with E-state index in [0.29, 0.717) is 12.8 Å². The highest BCUT2D eigenvalue weighted by atomic mass is 19.4. The summed E-state index contributed by atoms with van der Waals surface area (Å²) in [4.78, 5) is 0. The molecule has 0 bridgehead atoms. The lowest BCUT2D eigenvalue weighted by Gasteiger charge is -2.07. The van der Waals surface area contributed by atoms with Crippen LogP contribution in [-0.4, -0.2) is 6.18 Å². The summed E-state index contributed by atoms with van der Waals surface area (Å²) in [7, 11) is 0. The second-order valence-electron chi connectivity index (χ2n) is 2.86. The number of halogens is 3. The molecule has 0 aliphatic rings. The second-order valence-corrected chi connectivity index (χ2v) is 2.86. The first-order valence-corrected chi connectivity index (χ1v) is 4.07. The normalized spacial score (nSPS) is 13.4. The first kappa shape index (κ1) is 12.0. The van der Waals surface area contributed by atoms with Gasteiger partial charge >= 0.3 is 6.18 Å². The fourth-order valence-electron chi connectivity index (χ4n) is 0.985. The van der Waals surface area contributed by atoms with Crippen molar-refractivity contribution in [2.24, 2.45) is 5.92 Å². The van der Waals surface area contributed by atoms with Gasteiger partial charge in [0.25, 0.3) is 0 Å². The minimum atomic E-state index is -4.10. The van der Waals surface area contributed by atoms with Crippen molar-refractivity contribution in [3.8, 4) is 6.07 Å². The van der Waals surface area contributed by atoms with E-state index in [0.717, 1.165) is 0 Å². The van der Waals surface area contributed by atoms with Gasteiger partial charge in [-0.15, -0.1) is 6.58 Å². The zero-order chi connectivity index (χ0) is 10.3. The molecule has 1 unspecified atom stereocenters. The van der Waals surface area contributed by atoms with E-state index in [1.165, 1.54) is 0 Å². The van der Waals surface area contributed by atoms with Gasteiger partial charge in [-0.2, -0.15) is 18.4 Å². The maximum absolute atomic E-state index is 11.7. The Bertz CT molecular complexity index is 190. The standard InChI is InChI=1S/C9H12F3N/c1-2-4-8(7-13)5-3-6-9(10,11)12/h2,8H,1,3-6H2. The summed E-state index contributed by atoms with van der Waals surface area (Å²) in [5, 5.41) is 8.51. The van der Waals surface area contributed by atoms with Crippen molar-refractivity contribution in [1.29, 1.82) is 5.26 Å². The van der Waals surface area contributed by atoms with Gasteiger partial charge in [0.15, 0.2) is 0 Å². The van der Waals surface area contributed by atoms with Crippen LogP contribution in [0.25, 0.3) is 0 Å². The van der Waals surface area contributed by atoms with Gasteiger partial charge in [-0.3, -0.25) is 0 Å². The van der Waals surface area contributed by atoms with E-state index >= 15 is 0 Å². The van der Waals surface area contributed by atoms with Crippen molar-refractivity contribution >= 4 is 0 Å². The van der Waals surface area contributed by atoms with E-state index in [2.05, 4.69) is 6.58 Å². The van der Waals surface area contributed by atoms with Crippen LogP contribution in [0.4, 0.5) is 13.2 Å². The van der Waals surface area contributed by atoms with Crippen molar-refractivity contribution < 1.29 is 13.2 Å². The van der Waals surface area contributed by atoms with E-state index < -0.39 is 12.6 Å². The van der Waals surface area contributed by atoms with Crippen molar-refractivity contribution in [3.63, 3.8) is 0 Å². The summed E-state index contributed by atoms with van der Waals surface area (Å²) >= 11 is 0. The number of allylic oxidation sites excluding steroid dienone is 1. The lowest BCUT2D eigenvalue weighted by Crippen LogP contribution is -2.07. The van der Waals surface area contributed by atoms with Gasteiger partial charge in [-0.25, -0.2) is 0 Å². The summed E-state index contributed by atoms with van der Waals surface area (Å²) in [6.07, 6.45) is -2.57. The number of hydrogen-bond donors (Lipinski definition) is 0. The van der Waals surface area contributed by atoms with E-state index in [9.17, 15) is 13.2 Å². The molecular formula is C9H12F3N. The van der Waals surface area contributed by atoms with Crippen LogP contribution in [0.1, 0.15) is 25.7 Å². The minimum Gasteiger partial charge on any atom is -0.198 e. The molecule has 13 heavy (non-hydrogen) atoms. The first-order chi connectivity index (χ1) is 5.99. The smallest absolute Gasteiger partial charge is 0.198 e. The molecule has 0 radical (unpaired) electrons. The molecular weight excluding hydrogens is 179 g/mol. The van der Waals surface area contributed by atoms with Gasteiger partial charge in [-0.05, 0) is 19.3 Å². The number of rotatable bonds is 5. The lowest BCUT2D eigenvalue weighted by atomic mass is 10.00. The summed E-state index contributed by atoms with van der Waals surface area (Å²) in [6, 6.07) is 1.95. The SMILES string of the molecule is C=CCC(C#N)CCCC(F)(F)F.